The smallest absolute Gasteiger partial charge is 0.221 e. The minimum absolute atomic E-state index is 0.403. The average molecular weight is 203 g/mol. The molecule has 1 aromatic heterocycles. The van der Waals surface area contributed by atoms with Gasteiger partial charge in [0.1, 0.15) is 0 Å². The summed E-state index contributed by atoms with van der Waals surface area (Å²) in [4.78, 5) is 12.0. The van der Waals surface area contributed by atoms with Crippen molar-refractivity contribution in [1.29, 1.82) is 0 Å². The Morgan fingerprint density at radius 3 is 2.27 bits per heavy atom. The molecular weight excluding hydrogens is 190 g/mol. The summed E-state index contributed by atoms with van der Waals surface area (Å²) in [7, 11) is 0. The second kappa shape index (κ2) is 6.39. The van der Waals surface area contributed by atoms with E-state index in [1.54, 1.807) is 5.43 Å². The molecule has 4 N–H and O–H groups in total. The molecule has 4 heteroatoms. The number of hydrogen-bond donors (Lipinski definition) is 3. The van der Waals surface area contributed by atoms with Gasteiger partial charge in [0, 0.05) is 12.4 Å². The lowest BCUT2D eigenvalue weighted by Gasteiger charge is -1.93. The molecule has 0 atom stereocenters. The van der Waals surface area contributed by atoms with Gasteiger partial charge in [0.2, 0.25) is 6.41 Å². The highest BCUT2D eigenvalue weighted by atomic mass is 16.1. The van der Waals surface area contributed by atoms with Crippen LogP contribution < -0.4 is 11.3 Å². The Labute approximate surface area is 88.1 Å². The Balaban J connectivity index is 0.000000245. The van der Waals surface area contributed by atoms with Crippen molar-refractivity contribution in [2.45, 2.75) is 0 Å². The van der Waals surface area contributed by atoms with E-state index in [1.807, 2.05) is 30.6 Å². The lowest BCUT2D eigenvalue weighted by molar-refractivity contribution is -0.109. The van der Waals surface area contributed by atoms with Gasteiger partial charge in [-0.15, -0.1) is 0 Å². The third-order valence-corrected chi connectivity index (χ3v) is 1.77. The number of amides is 1. The number of hydrogen-bond acceptors (Lipinski definition) is 2. The molecular formula is C11H13N3O. The van der Waals surface area contributed by atoms with Crippen molar-refractivity contribution in [3.05, 3.63) is 48.8 Å². The second-order valence-electron chi connectivity index (χ2n) is 2.75. The Bertz CT molecular complexity index is 370. The molecule has 2 rings (SSSR count). The zero-order chi connectivity index (χ0) is 10.9. The number of nitrogens with one attached hydrogen (secondary N) is 2. The summed E-state index contributed by atoms with van der Waals surface area (Å²) in [6, 6.07) is 12.4. The van der Waals surface area contributed by atoms with Crippen molar-refractivity contribution in [3.8, 4) is 11.1 Å². The molecule has 15 heavy (non-hydrogen) atoms. The predicted octanol–water partition coefficient (Wildman–Crippen LogP) is 1.29. The van der Waals surface area contributed by atoms with E-state index in [2.05, 4.69) is 29.0 Å². The van der Waals surface area contributed by atoms with E-state index < -0.39 is 0 Å². The van der Waals surface area contributed by atoms with Crippen molar-refractivity contribution < 1.29 is 4.79 Å². The summed E-state index contributed by atoms with van der Waals surface area (Å²) in [5.41, 5.74) is 4.25. The van der Waals surface area contributed by atoms with E-state index in [1.165, 1.54) is 11.1 Å². The molecule has 0 fully saturated rings. The van der Waals surface area contributed by atoms with Crippen LogP contribution in [0.5, 0.6) is 0 Å². The zero-order valence-electron chi connectivity index (χ0n) is 8.18. The normalized spacial score (nSPS) is 8.60. The molecule has 0 saturated heterocycles. The van der Waals surface area contributed by atoms with E-state index in [-0.39, 0.29) is 0 Å². The van der Waals surface area contributed by atoms with Gasteiger partial charge in [0.05, 0.1) is 0 Å². The summed E-state index contributed by atoms with van der Waals surface area (Å²) >= 11 is 0. The first kappa shape index (κ1) is 11.0. The number of aromatic amines is 1. The molecule has 78 valence electrons. The number of carbonyl (C=O) groups is 1. The molecule has 0 aliphatic carbocycles. The van der Waals surface area contributed by atoms with Gasteiger partial charge in [-0.3, -0.25) is 10.2 Å². The summed E-state index contributed by atoms with van der Waals surface area (Å²) < 4.78 is 0. The molecule has 1 amide bonds. The molecule has 0 unspecified atom stereocenters. The average Bonchev–Trinajstić information content (AvgIpc) is 2.84. The molecule has 0 bridgehead atoms. The lowest BCUT2D eigenvalue weighted by atomic mass is 10.1. The first-order chi connectivity index (χ1) is 7.38. The Hall–Kier alpha value is -2.07. The quantitative estimate of drug-likeness (QED) is 0.298. The molecule has 2 aromatic rings. The van der Waals surface area contributed by atoms with Crippen molar-refractivity contribution >= 4 is 6.41 Å². The second-order valence-corrected chi connectivity index (χ2v) is 2.75. The van der Waals surface area contributed by atoms with Crippen LogP contribution in [0, 0.1) is 0 Å². The Kier molecular flexibility index (Phi) is 4.69. The van der Waals surface area contributed by atoms with Crippen LogP contribution in [0.3, 0.4) is 0 Å². The SMILES string of the molecule is NNC=O.c1ccc(-c2cc[nH]c2)cc1. The largest absolute Gasteiger partial charge is 0.367 e. The molecule has 0 saturated carbocycles. The maximum absolute atomic E-state index is 8.94. The number of aromatic nitrogens is 1. The van der Waals surface area contributed by atoms with Crippen LogP contribution in [0.2, 0.25) is 0 Å². The maximum Gasteiger partial charge on any atom is 0.221 e. The number of rotatable bonds is 2. The van der Waals surface area contributed by atoms with Crippen molar-refractivity contribution in [1.82, 2.24) is 10.4 Å². The van der Waals surface area contributed by atoms with E-state index in [0.717, 1.165) is 0 Å². The maximum atomic E-state index is 8.94. The topological polar surface area (TPSA) is 70.9 Å². The fraction of sp³-hybridized carbons (Fsp3) is 0. The third-order valence-electron chi connectivity index (χ3n) is 1.77. The summed E-state index contributed by atoms with van der Waals surface area (Å²) in [6.07, 6.45) is 4.33. The van der Waals surface area contributed by atoms with Crippen molar-refractivity contribution in [2.75, 3.05) is 0 Å². The lowest BCUT2D eigenvalue weighted by Crippen LogP contribution is -2.18. The van der Waals surface area contributed by atoms with Gasteiger partial charge in [-0.1, -0.05) is 30.3 Å². The highest BCUT2D eigenvalue weighted by molar-refractivity contribution is 5.62. The van der Waals surface area contributed by atoms with Crippen LogP contribution in [-0.4, -0.2) is 11.4 Å². The van der Waals surface area contributed by atoms with Crippen LogP contribution >= 0.6 is 0 Å². The summed E-state index contributed by atoms with van der Waals surface area (Å²) in [5.74, 6) is 4.41. The fourth-order valence-electron chi connectivity index (χ4n) is 1.13. The van der Waals surface area contributed by atoms with Crippen LogP contribution in [0.25, 0.3) is 11.1 Å². The number of hydrazine groups is 1. The Morgan fingerprint density at radius 2 is 1.80 bits per heavy atom. The van der Waals surface area contributed by atoms with Crippen LogP contribution in [0.1, 0.15) is 0 Å². The Morgan fingerprint density at radius 1 is 1.13 bits per heavy atom. The van der Waals surface area contributed by atoms with Crippen LogP contribution in [0.15, 0.2) is 48.8 Å². The van der Waals surface area contributed by atoms with Gasteiger partial charge in [-0.2, -0.15) is 0 Å². The number of H-pyrrole nitrogens is 1. The molecule has 1 aromatic carbocycles. The molecule has 0 spiro atoms. The van der Waals surface area contributed by atoms with Gasteiger partial charge >= 0.3 is 0 Å². The minimum Gasteiger partial charge on any atom is -0.367 e. The predicted molar refractivity (Wildman–Crippen MR) is 59.6 cm³/mol. The minimum atomic E-state index is 0.403. The third kappa shape index (κ3) is 3.66. The van der Waals surface area contributed by atoms with E-state index in [9.17, 15) is 0 Å². The molecule has 0 radical (unpaired) electrons. The summed E-state index contributed by atoms with van der Waals surface area (Å²) in [6.45, 7) is 0. The highest BCUT2D eigenvalue weighted by Gasteiger charge is 1.93. The van der Waals surface area contributed by atoms with Crippen LogP contribution in [-0.2, 0) is 4.79 Å². The highest BCUT2D eigenvalue weighted by Crippen LogP contribution is 2.16. The molecule has 4 nitrogen and oxygen atoms in total. The van der Waals surface area contributed by atoms with Gasteiger partial charge in [0.15, 0.2) is 0 Å². The molecule has 1 heterocycles. The first-order valence-electron chi connectivity index (χ1n) is 4.46. The van der Waals surface area contributed by atoms with Crippen molar-refractivity contribution in [3.63, 3.8) is 0 Å². The van der Waals surface area contributed by atoms with E-state index in [4.69, 9.17) is 4.79 Å². The van der Waals surface area contributed by atoms with E-state index in [0.29, 0.717) is 6.41 Å². The van der Waals surface area contributed by atoms with Gasteiger partial charge in [-0.25, -0.2) is 5.84 Å². The number of benzene rings is 1. The number of carbonyl (C=O) groups excluding carboxylic acids is 1. The standard InChI is InChI=1S/C10H9N.CH4N2O/c1-2-4-9(5-3-1)10-6-7-11-8-10;2-3-1-4/h1-8,11H;1H,2H2,(H,3,4). The van der Waals surface area contributed by atoms with Gasteiger partial charge < -0.3 is 4.98 Å². The molecule has 0 aliphatic rings. The van der Waals surface area contributed by atoms with Gasteiger partial charge in [0.25, 0.3) is 0 Å². The van der Waals surface area contributed by atoms with Crippen molar-refractivity contribution in [2.24, 2.45) is 5.84 Å². The zero-order valence-corrected chi connectivity index (χ0v) is 8.18. The first-order valence-corrected chi connectivity index (χ1v) is 4.46. The van der Waals surface area contributed by atoms with E-state index >= 15 is 0 Å². The fourth-order valence-corrected chi connectivity index (χ4v) is 1.13. The number of nitrogens with two attached hydrogens (primary N) is 1. The summed E-state index contributed by atoms with van der Waals surface area (Å²) in [5, 5.41) is 0. The van der Waals surface area contributed by atoms with Crippen LogP contribution in [0.4, 0.5) is 0 Å². The van der Waals surface area contributed by atoms with Gasteiger partial charge in [-0.05, 0) is 17.2 Å². The monoisotopic (exact) mass is 203 g/mol. The molecule has 0 aliphatic heterocycles.